The molecule has 3 rings (SSSR count). The Balaban J connectivity index is 1.65. The molecule has 0 heterocycles. The van der Waals surface area contributed by atoms with E-state index in [1.54, 1.807) is 24.3 Å². The zero-order valence-corrected chi connectivity index (χ0v) is 13.9. The summed E-state index contributed by atoms with van der Waals surface area (Å²) in [5.41, 5.74) is -0.986. The van der Waals surface area contributed by atoms with Gasteiger partial charge in [0.2, 0.25) is 11.8 Å². The van der Waals surface area contributed by atoms with Crippen LogP contribution in [0.3, 0.4) is 0 Å². The number of para-hydroxylation sites is 1. The summed E-state index contributed by atoms with van der Waals surface area (Å²) in [4.78, 5) is 24.8. The Morgan fingerprint density at radius 2 is 1.60 bits per heavy atom. The molecule has 1 saturated carbocycles. The summed E-state index contributed by atoms with van der Waals surface area (Å²) in [6.45, 7) is 0.235. The first-order chi connectivity index (χ1) is 11.9. The van der Waals surface area contributed by atoms with Crippen molar-refractivity contribution >= 4 is 29.1 Å². The standard InChI is InChI=1S/C18H15ClF2N2O2/c19-12-6-4-11(5-7-12)10-22-16(24)18(8-9-18)17(25)23-15-13(20)2-1-3-14(15)21/h1-7H,8-10H2,(H,22,24)(H,23,25). The Morgan fingerprint density at radius 3 is 2.16 bits per heavy atom. The Morgan fingerprint density at radius 1 is 1.00 bits per heavy atom. The monoisotopic (exact) mass is 364 g/mol. The van der Waals surface area contributed by atoms with E-state index in [0.717, 1.165) is 17.7 Å². The smallest absolute Gasteiger partial charge is 0.240 e. The van der Waals surface area contributed by atoms with Gasteiger partial charge >= 0.3 is 0 Å². The number of rotatable bonds is 5. The minimum atomic E-state index is -1.28. The van der Waals surface area contributed by atoms with E-state index in [2.05, 4.69) is 10.6 Å². The summed E-state index contributed by atoms with van der Waals surface area (Å²) in [5.74, 6) is -2.93. The number of hydrogen-bond acceptors (Lipinski definition) is 2. The van der Waals surface area contributed by atoms with Crippen LogP contribution in [0, 0.1) is 17.0 Å². The maximum Gasteiger partial charge on any atom is 0.240 e. The lowest BCUT2D eigenvalue weighted by Crippen LogP contribution is -2.39. The van der Waals surface area contributed by atoms with Crippen molar-refractivity contribution in [2.24, 2.45) is 5.41 Å². The predicted molar refractivity (Wildman–Crippen MR) is 90.0 cm³/mol. The van der Waals surface area contributed by atoms with Crippen LogP contribution in [0.4, 0.5) is 14.5 Å². The molecule has 130 valence electrons. The average molecular weight is 365 g/mol. The summed E-state index contributed by atoms with van der Waals surface area (Å²) in [6, 6.07) is 10.2. The van der Waals surface area contributed by atoms with Crippen LogP contribution in [-0.4, -0.2) is 11.8 Å². The molecule has 1 fully saturated rings. The Kier molecular flexibility index (Phi) is 4.72. The van der Waals surface area contributed by atoms with Crippen LogP contribution in [0.2, 0.25) is 5.02 Å². The van der Waals surface area contributed by atoms with E-state index in [-0.39, 0.29) is 6.54 Å². The van der Waals surface area contributed by atoms with Crippen LogP contribution < -0.4 is 10.6 Å². The van der Waals surface area contributed by atoms with Crippen molar-refractivity contribution in [1.29, 1.82) is 0 Å². The minimum Gasteiger partial charge on any atom is -0.351 e. The fraction of sp³-hybridized carbons (Fsp3) is 0.222. The number of anilines is 1. The lowest BCUT2D eigenvalue weighted by Gasteiger charge is -2.16. The third kappa shape index (κ3) is 3.64. The molecule has 2 N–H and O–H groups in total. The van der Waals surface area contributed by atoms with Crippen LogP contribution in [0.1, 0.15) is 18.4 Å². The fourth-order valence-corrected chi connectivity index (χ4v) is 2.61. The molecule has 0 radical (unpaired) electrons. The van der Waals surface area contributed by atoms with Gasteiger partial charge in [-0.05, 0) is 42.7 Å². The normalized spacial score (nSPS) is 14.7. The lowest BCUT2D eigenvalue weighted by molar-refractivity contribution is -0.134. The van der Waals surface area contributed by atoms with Gasteiger partial charge < -0.3 is 10.6 Å². The van der Waals surface area contributed by atoms with Gasteiger partial charge in [-0.2, -0.15) is 0 Å². The first-order valence-corrected chi connectivity index (χ1v) is 8.08. The first kappa shape index (κ1) is 17.4. The average Bonchev–Trinajstić information content (AvgIpc) is 3.39. The number of nitrogens with one attached hydrogen (secondary N) is 2. The molecular formula is C18H15ClF2N2O2. The Hall–Kier alpha value is -2.47. The van der Waals surface area contributed by atoms with Crippen molar-refractivity contribution in [3.63, 3.8) is 0 Å². The maximum absolute atomic E-state index is 13.7. The molecule has 0 atom stereocenters. The number of amides is 2. The van der Waals surface area contributed by atoms with E-state index < -0.39 is 34.6 Å². The van der Waals surface area contributed by atoms with Crippen LogP contribution in [0.5, 0.6) is 0 Å². The molecule has 7 heteroatoms. The third-order valence-corrected chi connectivity index (χ3v) is 4.44. The molecule has 2 aromatic rings. The molecule has 1 aliphatic carbocycles. The highest BCUT2D eigenvalue weighted by molar-refractivity contribution is 6.30. The van der Waals surface area contributed by atoms with E-state index in [1.807, 2.05) is 0 Å². The molecule has 0 aromatic heterocycles. The van der Waals surface area contributed by atoms with Gasteiger partial charge in [0.1, 0.15) is 22.7 Å². The fourth-order valence-electron chi connectivity index (χ4n) is 2.49. The maximum atomic E-state index is 13.7. The largest absolute Gasteiger partial charge is 0.351 e. The molecule has 0 aliphatic heterocycles. The van der Waals surface area contributed by atoms with Crippen LogP contribution in [-0.2, 0) is 16.1 Å². The molecule has 1 aliphatic rings. The van der Waals surface area contributed by atoms with Crippen molar-refractivity contribution in [1.82, 2.24) is 5.32 Å². The van der Waals surface area contributed by atoms with E-state index in [1.165, 1.54) is 6.07 Å². The van der Waals surface area contributed by atoms with Crippen LogP contribution >= 0.6 is 11.6 Å². The van der Waals surface area contributed by atoms with Crippen molar-refractivity contribution in [3.8, 4) is 0 Å². The molecule has 25 heavy (non-hydrogen) atoms. The molecule has 4 nitrogen and oxygen atoms in total. The van der Waals surface area contributed by atoms with Gasteiger partial charge in [0.05, 0.1) is 0 Å². The molecular weight excluding hydrogens is 350 g/mol. The second-order valence-corrected chi connectivity index (χ2v) is 6.38. The Labute approximate surface area is 148 Å². The van der Waals surface area contributed by atoms with Gasteiger partial charge in [-0.25, -0.2) is 8.78 Å². The summed E-state index contributed by atoms with van der Waals surface area (Å²) in [5, 5.41) is 5.47. The van der Waals surface area contributed by atoms with Crippen molar-refractivity contribution in [3.05, 3.63) is 64.7 Å². The molecule has 0 bridgehead atoms. The van der Waals surface area contributed by atoms with Gasteiger partial charge in [0, 0.05) is 11.6 Å². The van der Waals surface area contributed by atoms with E-state index in [0.29, 0.717) is 17.9 Å². The first-order valence-electron chi connectivity index (χ1n) is 7.70. The van der Waals surface area contributed by atoms with E-state index >= 15 is 0 Å². The highest BCUT2D eigenvalue weighted by Crippen LogP contribution is 2.47. The molecule has 0 unspecified atom stereocenters. The van der Waals surface area contributed by atoms with Crippen LogP contribution in [0.15, 0.2) is 42.5 Å². The van der Waals surface area contributed by atoms with Gasteiger partial charge in [0.15, 0.2) is 0 Å². The number of carbonyl (C=O) groups excluding carboxylic acids is 2. The zero-order chi connectivity index (χ0) is 18.0. The SMILES string of the molecule is O=C(NCc1ccc(Cl)cc1)C1(C(=O)Nc2c(F)cccc2F)CC1. The van der Waals surface area contributed by atoms with E-state index in [9.17, 15) is 18.4 Å². The number of benzene rings is 2. The van der Waals surface area contributed by atoms with Crippen molar-refractivity contribution in [2.75, 3.05) is 5.32 Å². The summed E-state index contributed by atoms with van der Waals surface area (Å²) in [7, 11) is 0. The minimum absolute atomic E-state index is 0.235. The van der Waals surface area contributed by atoms with E-state index in [4.69, 9.17) is 11.6 Å². The number of hydrogen-bond donors (Lipinski definition) is 2. The van der Waals surface area contributed by atoms with Crippen molar-refractivity contribution < 1.29 is 18.4 Å². The molecule has 0 spiro atoms. The van der Waals surface area contributed by atoms with Crippen LogP contribution in [0.25, 0.3) is 0 Å². The number of halogens is 3. The second kappa shape index (κ2) is 6.80. The summed E-state index contributed by atoms with van der Waals surface area (Å²) >= 11 is 5.80. The second-order valence-electron chi connectivity index (χ2n) is 5.94. The van der Waals surface area contributed by atoms with Gasteiger partial charge in [-0.1, -0.05) is 29.8 Å². The zero-order valence-electron chi connectivity index (χ0n) is 13.1. The summed E-state index contributed by atoms with van der Waals surface area (Å²) < 4.78 is 27.3. The van der Waals surface area contributed by atoms with Gasteiger partial charge in [-0.15, -0.1) is 0 Å². The molecule has 2 amide bonds. The highest BCUT2D eigenvalue weighted by Gasteiger charge is 2.56. The lowest BCUT2D eigenvalue weighted by atomic mass is 10.0. The quantitative estimate of drug-likeness (QED) is 0.795. The topological polar surface area (TPSA) is 58.2 Å². The van der Waals surface area contributed by atoms with Gasteiger partial charge in [-0.3, -0.25) is 9.59 Å². The van der Waals surface area contributed by atoms with Crippen molar-refractivity contribution in [2.45, 2.75) is 19.4 Å². The third-order valence-electron chi connectivity index (χ3n) is 4.19. The van der Waals surface area contributed by atoms with Gasteiger partial charge in [0.25, 0.3) is 0 Å². The molecule has 2 aromatic carbocycles. The number of carbonyl (C=O) groups is 2. The summed E-state index contributed by atoms with van der Waals surface area (Å²) in [6.07, 6.45) is 0.669. The predicted octanol–water partition coefficient (Wildman–Crippen LogP) is 3.65. The molecule has 0 saturated heterocycles. The Bertz CT molecular complexity index is 800. The highest BCUT2D eigenvalue weighted by atomic mass is 35.5.